The third-order valence-corrected chi connectivity index (χ3v) is 3.48. The summed E-state index contributed by atoms with van der Waals surface area (Å²) < 4.78 is 1.02. The summed E-state index contributed by atoms with van der Waals surface area (Å²) in [5, 5.41) is 6.26. The molecule has 1 amide bonds. The SMILES string of the molecule is O=C1NB(c2ccc(Br)cc2)Nc2ccccc21. The predicted octanol–water partition coefficient (Wildman–Crippen LogP) is 2.00. The maximum atomic E-state index is 12.0. The van der Waals surface area contributed by atoms with Crippen molar-refractivity contribution in [2.24, 2.45) is 0 Å². The number of amides is 1. The van der Waals surface area contributed by atoms with Gasteiger partial charge in [-0.1, -0.05) is 40.2 Å². The molecule has 0 unspecified atom stereocenters. The second kappa shape index (κ2) is 4.50. The maximum Gasteiger partial charge on any atom is 0.408 e. The van der Waals surface area contributed by atoms with Gasteiger partial charge in [0.1, 0.15) is 0 Å². The molecule has 0 saturated heterocycles. The van der Waals surface area contributed by atoms with Crippen LogP contribution < -0.4 is 15.9 Å². The summed E-state index contributed by atoms with van der Waals surface area (Å²) in [4.78, 5) is 12.0. The Morgan fingerprint density at radius 3 is 2.44 bits per heavy atom. The summed E-state index contributed by atoms with van der Waals surface area (Å²) in [5.74, 6) is -0.0442. The lowest BCUT2D eigenvalue weighted by molar-refractivity contribution is 0.0979. The fourth-order valence-corrected chi connectivity index (χ4v) is 2.29. The van der Waals surface area contributed by atoms with E-state index in [9.17, 15) is 4.79 Å². The number of halogens is 1. The Balaban J connectivity index is 1.94. The Bertz CT molecular complexity index is 600. The quantitative estimate of drug-likeness (QED) is 0.791. The summed E-state index contributed by atoms with van der Waals surface area (Å²) in [6, 6.07) is 15.4. The van der Waals surface area contributed by atoms with Crippen LogP contribution in [0.5, 0.6) is 0 Å². The number of carbonyl (C=O) groups is 1. The fourth-order valence-electron chi connectivity index (χ4n) is 2.03. The van der Waals surface area contributed by atoms with Gasteiger partial charge in [-0.05, 0) is 29.7 Å². The van der Waals surface area contributed by atoms with E-state index in [0.29, 0.717) is 5.56 Å². The van der Waals surface area contributed by atoms with E-state index in [-0.39, 0.29) is 12.9 Å². The van der Waals surface area contributed by atoms with E-state index >= 15 is 0 Å². The van der Waals surface area contributed by atoms with Crippen molar-refractivity contribution >= 4 is 40.0 Å². The molecule has 5 heteroatoms. The van der Waals surface area contributed by atoms with Crippen LogP contribution in [-0.2, 0) is 0 Å². The molecule has 1 aliphatic heterocycles. The highest BCUT2D eigenvalue weighted by Crippen LogP contribution is 2.18. The van der Waals surface area contributed by atoms with Crippen LogP contribution in [0.25, 0.3) is 0 Å². The molecule has 0 saturated carbocycles. The van der Waals surface area contributed by atoms with Gasteiger partial charge in [0.15, 0.2) is 0 Å². The third-order valence-electron chi connectivity index (χ3n) is 2.95. The highest BCUT2D eigenvalue weighted by atomic mass is 79.9. The van der Waals surface area contributed by atoms with Crippen LogP contribution in [-0.4, -0.2) is 12.9 Å². The lowest BCUT2D eigenvalue weighted by Crippen LogP contribution is -2.56. The first kappa shape index (κ1) is 11.4. The molecule has 0 aliphatic carbocycles. The van der Waals surface area contributed by atoms with Crippen molar-refractivity contribution < 1.29 is 4.79 Å². The van der Waals surface area contributed by atoms with Crippen LogP contribution in [0, 0.1) is 0 Å². The van der Waals surface area contributed by atoms with E-state index in [1.54, 1.807) is 0 Å². The summed E-state index contributed by atoms with van der Waals surface area (Å²) >= 11 is 3.40. The number of hydrogen-bond acceptors (Lipinski definition) is 2. The predicted molar refractivity (Wildman–Crippen MR) is 77.1 cm³/mol. The van der Waals surface area contributed by atoms with Gasteiger partial charge in [0.05, 0.1) is 5.56 Å². The third kappa shape index (κ3) is 2.02. The van der Waals surface area contributed by atoms with E-state index in [2.05, 4.69) is 26.4 Å². The highest BCUT2D eigenvalue weighted by Gasteiger charge is 2.28. The Morgan fingerprint density at radius 2 is 1.67 bits per heavy atom. The van der Waals surface area contributed by atoms with Crippen LogP contribution in [0.15, 0.2) is 53.0 Å². The van der Waals surface area contributed by atoms with Crippen LogP contribution >= 0.6 is 15.9 Å². The normalized spacial score (nSPS) is 13.6. The summed E-state index contributed by atoms with van der Waals surface area (Å²) in [6.07, 6.45) is 0. The highest BCUT2D eigenvalue weighted by molar-refractivity contribution is 9.10. The minimum Gasteiger partial charge on any atom is -0.405 e. The molecule has 1 heterocycles. The first-order valence-corrected chi connectivity index (χ1v) is 6.45. The van der Waals surface area contributed by atoms with Gasteiger partial charge < -0.3 is 10.5 Å². The second-order valence-electron chi connectivity index (χ2n) is 4.15. The van der Waals surface area contributed by atoms with Gasteiger partial charge in [-0.15, -0.1) is 0 Å². The zero-order chi connectivity index (χ0) is 12.5. The summed E-state index contributed by atoms with van der Waals surface area (Å²) in [5.41, 5.74) is 2.58. The molecular weight excluding hydrogens is 291 g/mol. The van der Waals surface area contributed by atoms with Gasteiger partial charge in [-0.25, -0.2) is 0 Å². The first-order chi connectivity index (χ1) is 8.74. The molecule has 18 heavy (non-hydrogen) atoms. The van der Waals surface area contributed by atoms with E-state index < -0.39 is 0 Å². The molecule has 1 aliphatic rings. The zero-order valence-corrected chi connectivity index (χ0v) is 11.1. The largest absolute Gasteiger partial charge is 0.408 e. The first-order valence-electron chi connectivity index (χ1n) is 5.66. The molecule has 0 atom stereocenters. The van der Waals surface area contributed by atoms with E-state index in [1.165, 1.54) is 0 Å². The van der Waals surface area contributed by atoms with Crippen LogP contribution in [0.3, 0.4) is 0 Å². The minimum atomic E-state index is -0.180. The van der Waals surface area contributed by atoms with Gasteiger partial charge in [0.25, 0.3) is 0 Å². The van der Waals surface area contributed by atoms with Gasteiger partial charge >= 0.3 is 6.98 Å². The maximum absolute atomic E-state index is 12.0. The second-order valence-corrected chi connectivity index (χ2v) is 5.06. The Morgan fingerprint density at radius 1 is 0.944 bits per heavy atom. The number of rotatable bonds is 1. The van der Waals surface area contributed by atoms with Gasteiger partial charge in [-0.3, -0.25) is 4.79 Å². The molecular formula is C13H10BBrN2O. The topological polar surface area (TPSA) is 41.1 Å². The van der Waals surface area contributed by atoms with Crippen molar-refractivity contribution in [3.05, 3.63) is 58.6 Å². The van der Waals surface area contributed by atoms with Gasteiger partial charge in [0, 0.05) is 10.2 Å². The zero-order valence-electron chi connectivity index (χ0n) is 9.48. The van der Waals surface area contributed by atoms with E-state index in [4.69, 9.17) is 0 Å². The molecule has 88 valence electrons. The smallest absolute Gasteiger partial charge is 0.405 e. The van der Waals surface area contributed by atoms with E-state index in [1.807, 2.05) is 48.5 Å². The van der Waals surface area contributed by atoms with Crippen LogP contribution in [0.2, 0.25) is 0 Å². The molecule has 3 rings (SSSR count). The Hall–Kier alpha value is -1.75. The Labute approximate surface area is 114 Å². The van der Waals surface area contributed by atoms with Gasteiger partial charge in [-0.2, -0.15) is 0 Å². The number of fused-ring (bicyclic) bond motifs is 1. The molecule has 3 nitrogen and oxygen atoms in total. The molecule has 0 aromatic heterocycles. The van der Waals surface area contributed by atoms with Crippen molar-refractivity contribution in [1.82, 2.24) is 5.23 Å². The molecule has 0 fully saturated rings. The molecule has 2 N–H and O–H groups in total. The standard InChI is InChI=1S/C13H10BBrN2O/c15-10-7-5-9(6-8-10)14-16-12-4-2-1-3-11(12)13(18)17-14/h1-8,16H,(H,17,18). The van der Waals surface area contributed by atoms with Crippen molar-refractivity contribution in [3.63, 3.8) is 0 Å². The average molecular weight is 301 g/mol. The number of carbonyl (C=O) groups excluding carboxylic acids is 1. The summed E-state index contributed by atoms with van der Waals surface area (Å²) in [6.45, 7) is -0.180. The monoisotopic (exact) mass is 300 g/mol. The number of nitrogens with one attached hydrogen (secondary N) is 2. The lowest BCUT2D eigenvalue weighted by Gasteiger charge is -2.24. The minimum absolute atomic E-state index is 0.0442. The fraction of sp³-hybridized carbons (Fsp3) is 0. The average Bonchev–Trinajstić information content (AvgIpc) is 2.39. The number of para-hydroxylation sites is 1. The number of anilines is 1. The van der Waals surface area contributed by atoms with E-state index in [0.717, 1.165) is 15.6 Å². The lowest BCUT2D eigenvalue weighted by atomic mass is 9.66. The Kier molecular flexibility index (Phi) is 2.84. The van der Waals surface area contributed by atoms with Crippen molar-refractivity contribution in [3.8, 4) is 0 Å². The number of hydrogen-bond donors (Lipinski definition) is 2. The molecule has 0 bridgehead atoms. The van der Waals surface area contributed by atoms with Crippen molar-refractivity contribution in [2.75, 3.05) is 5.23 Å². The van der Waals surface area contributed by atoms with Crippen molar-refractivity contribution in [2.45, 2.75) is 0 Å². The van der Waals surface area contributed by atoms with Crippen molar-refractivity contribution in [1.29, 1.82) is 0 Å². The molecule has 2 aromatic rings. The summed E-state index contributed by atoms with van der Waals surface area (Å²) in [7, 11) is 0. The van der Waals surface area contributed by atoms with Crippen LogP contribution in [0.1, 0.15) is 10.4 Å². The molecule has 0 radical (unpaired) electrons. The van der Waals surface area contributed by atoms with Gasteiger partial charge in [0.2, 0.25) is 5.91 Å². The van der Waals surface area contributed by atoms with Crippen LogP contribution in [0.4, 0.5) is 5.69 Å². The number of benzene rings is 2. The molecule has 2 aromatic carbocycles. The molecule has 0 spiro atoms.